The van der Waals surface area contributed by atoms with Crippen LogP contribution in [0.15, 0.2) is 54.6 Å². The lowest BCUT2D eigenvalue weighted by Gasteiger charge is -2.31. The van der Waals surface area contributed by atoms with Crippen LogP contribution in [0, 0.1) is 0 Å². The Hall–Kier alpha value is -2.13. The van der Waals surface area contributed by atoms with E-state index in [2.05, 4.69) is 42.2 Å². The zero-order valence-corrected chi connectivity index (χ0v) is 15.7. The lowest BCUT2D eigenvalue weighted by Crippen LogP contribution is -2.41. The van der Waals surface area contributed by atoms with E-state index in [-0.39, 0.29) is 5.91 Å². The van der Waals surface area contributed by atoms with Crippen LogP contribution >= 0.6 is 0 Å². The molecule has 2 aliphatic heterocycles. The lowest BCUT2D eigenvalue weighted by molar-refractivity contribution is -0.123. The quantitative estimate of drug-likeness (QED) is 0.801. The highest BCUT2D eigenvalue weighted by atomic mass is 16.2. The van der Waals surface area contributed by atoms with Crippen molar-refractivity contribution >= 4 is 11.6 Å². The predicted molar refractivity (Wildman–Crippen MR) is 106 cm³/mol. The van der Waals surface area contributed by atoms with Crippen LogP contribution < -0.4 is 4.90 Å². The number of anilines is 1. The largest absolute Gasteiger partial charge is 0.307 e. The minimum atomic E-state index is -0.414. The van der Waals surface area contributed by atoms with Crippen LogP contribution in [0.1, 0.15) is 43.7 Å². The Kier molecular flexibility index (Phi) is 4.82. The number of carbonyl (C=O) groups excluding carboxylic acids is 1. The van der Waals surface area contributed by atoms with Gasteiger partial charge >= 0.3 is 0 Å². The first kappa shape index (κ1) is 17.3. The second-order valence-electron chi connectivity index (χ2n) is 7.88. The van der Waals surface area contributed by atoms with E-state index in [1.807, 2.05) is 29.2 Å². The van der Waals surface area contributed by atoms with Gasteiger partial charge in [-0.05, 0) is 63.0 Å². The Labute approximate surface area is 156 Å². The second-order valence-corrected chi connectivity index (χ2v) is 7.88. The average Bonchev–Trinajstić information content (AvgIpc) is 2.91. The van der Waals surface area contributed by atoms with Gasteiger partial charge < -0.3 is 9.80 Å². The fraction of sp³-hybridized carbons (Fsp3) is 0.435. The number of fused-ring (bicyclic) bond motifs is 1. The molecule has 2 aromatic rings. The molecule has 0 N–H and O–H groups in total. The highest BCUT2D eigenvalue weighted by Crippen LogP contribution is 2.44. The Morgan fingerprint density at radius 3 is 2.38 bits per heavy atom. The predicted octanol–water partition coefficient (Wildman–Crippen LogP) is 4.37. The van der Waals surface area contributed by atoms with E-state index in [1.165, 1.54) is 43.5 Å². The molecule has 2 aliphatic rings. The molecule has 0 radical (unpaired) electrons. The number of piperidine rings is 1. The molecule has 0 unspecified atom stereocenters. The molecule has 0 bridgehead atoms. The van der Waals surface area contributed by atoms with E-state index in [1.54, 1.807) is 0 Å². The monoisotopic (exact) mass is 348 g/mol. The highest BCUT2D eigenvalue weighted by Gasteiger charge is 2.46. The summed E-state index contributed by atoms with van der Waals surface area (Å²) in [6.45, 7) is 6.16. The fourth-order valence-corrected chi connectivity index (χ4v) is 4.43. The van der Waals surface area contributed by atoms with E-state index in [0.717, 1.165) is 18.7 Å². The molecule has 26 heavy (non-hydrogen) atoms. The summed E-state index contributed by atoms with van der Waals surface area (Å²) >= 11 is 0. The van der Waals surface area contributed by atoms with E-state index in [9.17, 15) is 4.79 Å². The molecule has 3 heteroatoms. The summed E-state index contributed by atoms with van der Waals surface area (Å²) in [5.74, 6) is 0.250. The van der Waals surface area contributed by atoms with Gasteiger partial charge in [0, 0.05) is 5.69 Å². The van der Waals surface area contributed by atoms with Gasteiger partial charge in [-0.1, -0.05) is 55.0 Å². The van der Waals surface area contributed by atoms with E-state index in [4.69, 9.17) is 0 Å². The SMILES string of the molecule is C[C@@]1(CCN2CCCCC2)C(=O)N(Cc2ccccc2)c2ccccc21. The zero-order valence-electron chi connectivity index (χ0n) is 15.7. The van der Waals surface area contributed by atoms with Gasteiger partial charge in [0.15, 0.2) is 0 Å². The van der Waals surface area contributed by atoms with Crippen LogP contribution in [-0.4, -0.2) is 30.4 Å². The number of carbonyl (C=O) groups is 1. The van der Waals surface area contributed by atoms with Gasteiger partial charge in [-0.25, -0.2) is 0 Å². The first-order chi connectivity index (χ1) is 12.7. The smallest absolute Gasteiger partial charge is 0.237 e. The molecule has 0 saturated carbocycles. The van der Waals surface area contributed by atoms with Crippen LogP contribution in [0.3, 0.4) is 0 Å². The molecule has 2 heterocycles. The van der Waals surface area contributed by atoms with Crippen LogP contribution in [0.4, 0.5) is 5.69 Å². The van der Waals surface area contributed by atoms with Crippen LogP contribution in [-0.2, 0) is 16.8 Å². The second kappa shape index (κ2) is 7.24. The maximum Gasteiger partial charge on any atom is 0.237 e. The normalized spacial score (nSPS) is 23.3. The van der Waals surface area contributed by atoms with E-state index < -0.39 is 5.41 Å². The number of hydrogen-bond acceptors (Lipinski definition) is 2. The van der Waals surface area contributed by atoms with Crippen LogP contribution in [0.25, 0.3) is 0 Å². The van der Waals surface area contributed by atoms with Gasteiger partial charge in [0.2, 0.25) is 5.91 Å². The topological polar surface area (TPSA) is 23.6 Å². The van der Waals surface area contributed by atoms with E-state index in [0.29, 0.717) is 6.54 Å². The molecular weight excluding hydrogens is 320 g/mol. The number of benzene rings is 2. The lowest BCUT2D eigenvalue weighted by atomic mass is 9.80. The van der Waals surface area contributed by atoms with Crippen molar-refractivity contribution in [3.05, 3.63) is 65.7 Å². The Morgan fingerprint density at radius 1 is 0.923 bits per heavy atom. The fourth-order valence-electron chi connectivity index (χ4n) is 4.43. The van der Waals surface area contributed by atoms with Crippen molar-refractivity contribution in [2.75, 3.05) is 24.5 Å². The number of amides is 1. The van der Waals surface area contributed by atoms with Crippen molar-refractivity contribution in [2.24, 2.45) is 0 Å². The molecule has 3 nitrogen and oxygen atoms in total. The van der Waals surface area contributed by atoms with Gasteiger partial charge in [0.1, 0.15) is 0 Å². The Morgan fingerprint density at radius 2 is 1.62 bits per heavy atom. The highest BCUT2D eigenvalue weighted by molar-refractivity contribution is 6.07. The molecule has 136 valence electrons. The summed E-state index contributed by atoms with van der Waals surface area (Å²) in [6.07, 6.45) is 4.83. The number of likely N-dealkylation sites (tertiary alicyclic amines) is 1. The first-order valence-electron chi connectivity index (χ1n) is 9.86. The van der Waals surface area contributed by atoms with Gasteiger partial charge in [0.25, 0.3) is 0 Å². The van der Waals surface area contributed by atoms with Crippen LogP contribution in [0.2, 0.25) is 0 Å². The van der Waals surface area contributed by atoms with E-state index >= 15 is 0 Å². The zero-order chi connectivity index (χ0) is 18.0. The Balaban J connectivity index is 1.58. The summed E-state index contributed by atoms with van der Waals surface area (Å²) in [5, 5.41) is 0. The molecule has 1 amide bonds. The summed E-state index contributed by atoms with van der Waals surface area (Å²) in [5.41, 5.74) is 3.04. The number of hydrogen-bond donors (Lipinski definition) is 0. The van der Waals surface area contributed by atoms with Gasteiger partial charge in [-0.15, -0.1) is 0 Å². The number of para-hydroxylation sites is 1. The summed E-state index contributed by atoms with van der Waals surface area (Å²) < 4.78 is 0. The molecular formula is C23H28N2O. The van der Waals surface area contributed by atoms with Gasteiger partial charge in [-0.2, -0.15) is 0 Å². The van der Waals surface area contributed by atoms with Crippen molar-refractivity contribution in [1.82, 2.24) is 4.90 Å². The third-order valence-electron chi connectivity index (χ3n) is 6.07. The van der Waals surface area contributed by atoms with Crippen molar-refractivity contribution in [1.29, 1.82) is 0 Å². The van der Waals surface area contributed by atoms with Crippen LogP contribution in [0.5, 0.6) is 0 Å². The molecule has 2 aromatic carbocycles. The number of nitrogens with zero attached hydrogens (tertiary/aromatic N) is 2. The molecule has 1 atom stereocenters. The molecule has 1 fully saturated rings. The standard InChI is InChI=1S/C23H28N2O/c1-23(14-17-24-15-8-3-9-16-24)20-12-6-7-13-21(20)25(22(23)26)18-19-10-4-2-5-11-19/h2,4-7,10-13H,3,8-9,14-18H2,1H3/t23-/m0/s1. The minimum absolute atomic E-state index is 0.250. The van der Waals surface area contributed by atoms with Crippen molar-refractivity contribution in [2.45, 2.75) is 44.6 Å². The summed E-state index contributed by atoms with van der Waals surface area (Å²) in [6, 6.07) is 18.6. The molecule has 0 spiro atoms. The molecule has 4 rings (SSSR count). The maximum absolute atomic E-state index is 13.5. The Bertz CT molecular complexity index is 767. The van der Waals surface area contributed by atoms with Gasteiger partial charge in [-0.3, -0.25) is 4.79 Å². The van der Waals surface area contributed by atoms with Gasteiger partial charge in [0.05, 0.1) is 12.0 Å². The first-order valence-corrected chi connectivity index (χ1v) is 9.86. The third-order valence-corrected chi connectivity index (χ3v) is 6.07. The molecule has 1 saturated heterocycles. The average molecular weight is 348 g/mol. The number of rotatable bonds is 5. The minimum Gasteiger partial charge on any atom is -0.307 e. The maximum atomic E-state index is 13.5. The third kappa shape index (κ3) is 3.16. The molecule has 0 aromatic heterocycles. The van der Waals surface area contributed by atoms with Crippen molar-refractivity contribution in [3.63, 3.8) is 0 Å². The van der Waals surface area contributed by atoms with Crippen molar-refractivity contribution in [3.8, 4) is 0 Å². The van der Waals surface area contributed by atoms with Crippen molar-refractivity contribution < 1.29 is 4.79 Å². The summed E-state index contributed by atoms with van der Waals surface area (Å²) in [7, 11) is 0. The summed E-state index contributed by atoms with van der Waals surface area (Å²) in [4.78, 5) is 18.0. The molecule has 0 aliphatic carbocycles.